The van der Waals surface area contributed by atoms with Gasteiger partial charge in [0.05, 0.1) is 6.20 Å². The number of carbonyl (C=O) groups is 1. The van der Waals surface area contributed by atoms with Crippen molar-refractivity contribution in [3.63, 3.8) is 0 Å². The Labute approximate surface area is 76.5 Å². The van der Waals surface area contributed by atoms with Crippen LogP contribution in [0.5, 0.6) is 5.75 Å². The normalized spacial score (nSPS) is 9.31. The molecule has 0 unspecified atom stereocenters. The second kappa shape index (κ2) is 5.13. The zero-order valence-electron chi connectivity index (χ0n) is 7.40. The maximum absolute atomic E-state index is 10.4. The van der Waals surface area contributed by atoms with E-state index in [2.05, 4.69) is 9.72 Å². The van der Waals surface area contributed by atoms with Crippen LogP contribution in [0, 0.1) is 0 Å². The van der Waals surface area contributed by atoms with Crippen molar-refractivity contribution in [3.8, 4) is 5.75 Å². The molecule has 1 heterocycles. The molecule has 0 atom stereocenters. The summed E-state index contributed by atoms with van der Waals surface area (Å²) in [5.41, 5.74) is 0. The Kier molecular flexibility index (Phi) is 3.75. The minimum absolute atomic E-state index is 0.268. The zero-order chi connectivity index (χ0) is 9.52. The van der Waals surface area contributed by atoms with Gasteiger partial charge in [-0.3, -0.25) is 9.78 Å². The highest BCUT2D eigenvalue weighted by atomic mass is 16.6. The largest absolute Gasteiger partial charge is 0.488 e. The summed E-state index contributed by atoms with van der Waals surface area (Å²) in [6.45, 7) is 1.99. The van der Waals surface area contributed by atoms with E-state index in [9.17, 15) is 4.79 Å². The number of nitrogens with zero attached hydrogens (tertiary/aromatic N) is 1. The van der Waals surface area contributed by atoms with Crippen LogP contribution in [-0.4, -0.2) is 24.2 Å². The molecular weight excluding hydrogens is 170 g/mol. The zero-order valence-corrected chi connectivity index (χ0v) is 7.40. The number of pyridine rings is 1. The van der Waals surface area contributed by atoms with E-state index in [0.717, 1.165) is 0 Å². The van der Waals surface area contributed by atoms with Gasteiger partial charge in [0.2, 0.25) is 0 Å². The molecule has 13 heavy (non-hydrogen) atoms. The number of hydrogen-bond acceptors (Lipinski definition) is 4. The average Bonchev–Trinajstić information content (AvgIpc) is 2.14. The topological polar surface area (TPSA) is 48.4 Å². The quantitative estimate of drug-likeness (QED) is 0.514. The van der Waals surface area contributed by atoms with Crippen molar-refractivity contribution in [1.82, 2.24) is 4.98 Å². The molecule has 0 aliphatic rings. The Morgan fingerprint density at radius 1 is 1.54 bits per heavy atom. The number of hydrogen-bond donors (Lipinski definition) is 0. The highest BCUT2D eigenvalue weighted by Crippen LogP contribution is 2.05. The summed E-state index contributed by atoms with van der Waals surface area (Å²) in [5.74, 6) is 0.379. The van der Waals surface area contributed by atoms with Crippen LogP contribution in [0.15, 0.2) is 24.5 Å². The summed E-state index contributed by atoms with van der Waals surface area (Å²) in [6.07, 6.45) is 3.27. The first kappa shape index (κ1) is 9.51. The number of esters is 1. The van der Waals surface area contributed by atoms with Gasteiger partial charge in [-0.1, -0.05) is 0 Å². The fourth-order valence-electron chi connectivity index (χ4n) is 0.777. The fraction of sp³-hybridized carbons (Fsp3) is 0.333. The van der Waals surface area contributed by atoms with Gasteiger partial charge < -0.3 is 9.47 Å². The van der Waals surface area contributed by atoms with E-state index in [-0.39, 0.29) is 12.6 Å². The van der Waals surface area contributed by atoms with Crippen molar-refractivity contribution < 1.29 is 14.3 Å². The Balaban J connectivity index is 2.17. The molecule has 0 aliphatic carbocycles. The van der Waals surface area contributed by atoms with Crippen molar-refractivity contribution in [2.24, 2.45) is 0 Å². The lowest BCUT2D eigenvalue weighted by atomic mass is 10.5. The van der Waals surface area contributed by atoms with Crippen molar-refractivity contribution in [2.75, 3.05) is 13.2 Å². The number of ether oxygens (including phenoxy) is 2. The van der Waals surface area contributed by atoms with Gasteiger partial charge in [-0.15, -0.1) is 0 Å². The summed E-state index contributed by atoms with van der Waals surface area (Å²) >= 11 is 0. The molecule has 4 heteroatoms. The van der Waals surface area contributed by atoms with Crippen LogP contribution in [0.3, 0.4) is 0 Å². The average molecular weight is 181 g/mol. The third-order valence-electron chi connectivity index (χ3n) is 1.29. The highest BCUT2D eigenvalue weighted by molar-refractivity contribution is 5.65. The van der Waals surface area contributed by atoms with Gasteiger partial charge in [-0.25, -0.2) is 0 Å². The SMILES string of the molecule is CC(=O)OCCOc1cccnc1. The number of carbonyl (C=O) groups excluding carboxylic acids is 1. The monoisotopic (exact) mass is 181 g/mol. The number of aromatic nitrogens is 1. The molecule has 0 saturated heterocycles. The van der Waals surface area contributed by atoms with Gasteiger partial charge in [0.15, 0.2) is 0 Å². The van der Waals surface area contributed by atoms with Crippen LogP contribution in [0.25, 0.3) is 0 Å². The summed E-state index contributed by atoms with van der Waals surface area (Å²) in [5, 5.41) is 0. The van der Waals surface area contributed by atoms with Gasteiger partial charge in [0, 0.05) is 13.1 Å². The lowest BCUT2D eigenvalue weighted by Crippen LogP contribution is -2.09. The predicted molar refractivity (Wildman–Crippen MR) is 46.4 cm³/mol. The summed E-state index contributed by atoms with van der Waals surface area (Å²) in [6, 6.07) is 3.57. The molecule has 0 aliphatic heterocycles. The van der Waals surface area contributed by atoms with Crippen LogP contribution in [0.2, 0.25) is 0 Å². The minimum atomic E-state index is -0.296. The molecule has 1 rings (SSSR count). The molecule has 70 valence electrons. The molecule has 0 spiro atoms. The third-order valence-corrected chi connectivity index (χ3v) is 1.29. The molecule has 0 saturated carbocycles. The van der Waals surface area contributed by atoms with Crippen LogP contribution in [0.4, 0.5) is 0 Å². The standard InChI is InChI=1S/C9H11NO3/c1-8(11)12-5-6-13-9-3-2-4-10-7-9/h2-4,7H,5-6H2,1H3. The molecule has 1 aromatic heterocycles. The van der Waals surface area contributed by atoms with Crippen LogP contribution in [0.1, 0.15) is 6.92 Å². The Morgan fingerprint density at radius 3 is 3.00 bits per heavy atom. The van der Waals surface area contributed by atoms with Gasteiger partial charge >= 0.3 is 5.97 Å². The summed E-state index contributed by atoms with van der Waals surface area (Å²) in [7, 11) is 0. The molecular formula is C9H11NO3. The minimum Gasteiger partial charge on any atom is -0.488 e. The Morgan fingerprint density at radius 2 is 2.38 bits per heavy atom. The molecule has 0 fully saturated rings. The molecule has 0 bridgehead atoms. The van der Waals surface area contributed by atoms with Crippen molar-refractivity contribution in [1.29, 1.82) is 0 Å². The first-order valence-corrected chi connectivity index (χ1v) is 3.95. The van der Waals surface area contributed by atoms with Crippen LogP contribution in [-0.2, 0) is 9.53 Å². The molecule has 0 amide bonds. The van der Waals surface area contributed by atoms with Crippen LogP contribution >= 0.6 is 0 Å². The fourth-order valence-corrected chi connectivity index (χ4v) is 0.777. The lowest BCUT2D eigenvalue weighted by Gasteiger charge is -2.04. The van der Waals surface area contributed by atoms with Gasteiger partial charge in [-0.05, 0) is 12.1 Å². The van der Waals surface area contributed by atoms with E-state index >= 15 is 0 Å². The second-order valence-electron chi connectivity index (χ2n) is 2.38. The Bertz CT molecular complexity index is 261. The van der Waals surface area contributed by atoms with Gasteiger partial charge in [0.25, 0.3) is 0 Å². The van der Waals surface area contributed by atoms with E-state index in [4.69, 9.17) is 4.74 Å². The van der Waals surface area contributed by atoms with E-state index in [1.54, 1.807) is 24.5 Å². The number of rotatable bonds is 4. The van der Waals surface area contributed by atoms with Crippen molar-refractivity contribution in [3.05, 3.63) is 24.5 Å². The predicted octanol–water partition coefficient (Wildman–Crippen LogP) is 1.02. The van der Waals surface area contributed by atoms with E-state index in [0.29, 0.717) is 12.4 Å². The molecule has 0 N–H and O–H groups in total. The van der Waals surface area contributed by atoms with Gasteiger partial charge in [-0.2, -0.15) is 0 Å². The second-order valence-corrected chi connectivity index (χ2v) is 2.38. The highest BCUT2D eigenvalue weighted by Gasteiger charge is 1.94. The van der Waals surface area contributed by atoms with E-state index in [1.807, 2.05) is 0 Å². The molecule has 0 radical (unpaired) electrons. The molecule has 0 aromatic carbocycles. The molecule has 1 aromatic rings. The van der Waals surface area contributed by atoms with E-state index < -0.39 is 0 Å². The van der Waals surface area contributed by atoms with Crippen molar-refractivity contribution >= 4 is 5.97 Å². The lowest BCUT2D eigenvalue weighted by molar-refractivity contribution is -0.141. The van der Waals surface area contributed by atoms with Crippen molar-refractivity contribution in [2.45, 2.75) is 6.92 Å². The van der Waals surface area contributed by atoms with Crippen LogP contribution < -0.4 is 4.74 Å². The third kappa shape index (κ3) is 4.10. The van der Waals surface area contributed by atoms with Gasteiger partial charge in [0.1, 0.15) is 19.0 Å². The summed E-state index contributed by atoms with van der Waals surface area (Å²) < 4.78 is 9.90. The maximum Gasteiger partial charge on any atom is 0.302 e. The van der Waals surface area contributed by atoms with E-state index in [1.165, 1.54) is 6.92 Å². The molecule has 4 nitrogen and oxygen atoms in total. The first-order chi connectivity index (χ1) is 6.29. The Hall–Kier alpha value is -1.58. The summed E-state index contributed by atoms with van der Waals surface area (Å²) in [4.78, 5) is 14.2. The smallest absolute Gasteiger partial charge is 0.302 e. The first-order valence-electron chi connectivity index (χ1n) is 3.95. The maximum atomic E-state index is 10.4.